The number of alkyl carbamates (subject to hydrolysis) is 1. The van der Waals surface area contributed by atoms with Gasteiger partial charge in [-0.15, -0.1) is 0 Å². The number of hydrogen-bond acceptors (Lipinski definition) is 14. The Labute approximate surface area is 253 Å². The van der Waals surface area contributed by atoms with E-state index in [1.54, 1.807) is 41.5 Å². The molecular weight excluding hydrogens is 608 g/mol. The van der Waals surface area contributed by atoms with E-state index >= 15 is 4.39 Å². The highest BCUT2D eigenvalue weighted by Gasteiger charge is 2.56. The minimum absolute atomic E-state index is 0.0452. The number of alkyl halides is 1. The summed E-state index contributed by atoms with van der Waals surface area (Å²) in [6, 6.07) is -1.21. The van der Waals surface area contributed by atoms with Gasteiger partial charge in [0.25, 0.3) is 0 Å². The van der Waals surface area contributed by atoms with E-state index in [9.17, 15) is 19.3 Å². The lowest BCUT2D eigenvalue weighted by molar-refractivity contribution is -0.148. The summed E-state index contributed by atoms with van der Waals surface area (Å²) in [5.41, 5.74) is 2.80. The Hall–Kier alpha value is -3.15. The van der Waals surface area contributed by atoms with Gasteiger partial charge in [0.1, 0.15) is 18.2 Å². The second-order valence-electron chi connectivity index (χ2n) is 10.9. The molecule has 0 saturated carbocycles. The van der Waals surface area contributed by atoms with Crippen LogP contribution in [-0.4, -0.2) is 93.8 Å². The van der Waals surface area contributed by atoms with Crippen LogP contribution in [-0.2, 0) is 32.6 Å². The molecule has 0 radical (unpaired) electrons. The predicted octanol–water partition coefficient (Wildman–Crippen LogP) is 2.21. The Bertz CT molecular complexity index is 1350. The van der Waals surface area contributed by atoms with Crippen molar-refractivity contribution in [2.24, 2.45) is 5.41 Å². The van der Waals surface area contributed by atoms with Crippen LogP contribution in [0.5, 0.6) is 5.88 Å². The number of halogens is 1. The van der Waals surface area contributed by atoms with Crippen LogP contribution in [0.15, 0.2) is 6.33 Å². The van der Waals surface area contributed by atoms with E-state index < -0.39 is 68.8 Å². The first-order valence-electron chi connectivity index (χ1n) is 14.0. The topological polar surface area (TPSA) is 221 Å². The zero-order chi connectivity index (χ0) is 32.9. The highest BCUT2D eigenvalue weighted by Crippen LogP contribution is 2.49. The molecule has 2 aromatic heterocycles. The van der Waals surface area contributed by atoms with Crippen molar-refractivity contribution < 1.29 is 51.6 Å². The molecule has 5 N–H and O–H groups in total. The first-order chi connectivity index (χ1) is 20.6. The van der Waals surface area contributed by atoms with Gasteiger partial charge >= 0.3 is 19.8 Å². The number of aromatic nitrogens is 4. The number of imidazole rings is 1. The molecule has 0 spiro atoms. The minimum Gasteiger partial charge on any atom is -0.476 e. The second-order valence-corrected chi connectivity index (χ2v) is 12.7. The Balaban J connectivity index is 1.86. The van der Waals surface area contributed by atoms with Crippen molar-refractivity contribution in [2.45, 2.75) is 78.6 Å². The van der Waals surface area contributed by atoms with E-state index in [1.807, 2.05) is 0 Å². The molecule has 1 amide bonds. The number of anilines is 1. The molecule has 1 aliphatic heterocycles. The molecule has 2 aromatic rings. The number of esters is 1. The average molecular weight is 650 g/mol. The first kappa shape index (κ1) is 35.3. The maximum atomic E-state index is 16.1. The van der Waals surface area contributed by atoms with Gasteiger partial charge in [0, 0.05) is 6.54 Å². The highest BCUT2D eigenvalue weighted by molar-refractivity contribution is 7.51. The van der Waals surface area contributed by atoms with Gasteiger partial charge in [0.15, 0.2) is 23.1 Å². The maximum Gasteiger partial charge on any atom is 0.409 e. The fourth-order valence-corrected chi connectivity index (χ4v) is 5.85. The van der Waals surface area contributed by atoms with Gasteiger partial charge in [-0.3, -0.25) is 18.4 Å². The third-order valence-electron chi connectivity index (χ3n) is 6.48. The van der Waals surface area contributed by atoms with Crippen molar-refractivity contribution in [3.63, 3.8) is 0 Å². The molecule has 1 aliphatic rings. The van der Waals surface area contributed by atoms with E-state index in [0.29, 0.717) is 0 Å². The van der Waals surface area contributed by atoms with Gasteiger partial charge in [0.05, 0.1) is 26.1 Å². The molecule has 6 atom stereocenters. The number of ether oxygens (including phenoxy) is 4. The molecule has 19 heteroatoms. The number of nitrogens with zero attached hydrogens (tertiary/aromatic N) is 4. The molecule has 248 valence electrons. The van der Waals surface area contributed by atoms with Gasteiger partial charge in [-0.05, 0) is 33.1 Å². The zero-order valence-electron chi connectivity index (χ0n) is 25.7. The molecule has 3 rings (SSSR count). The molecule has 0 bridgehead atoms. The van der Waals surface area contributed by atoms with Crippen LogP contribution in [0.3, 0.4) is 0 Å². The molecule has 1 unspecified atom stereocenters. The smallest absolute Gasteiger partial charge is 0.409 e. The summed E-state index contributed by atoms with van der Waals surface area (Å²) in [6.45, 7) is 10.2. The molecular formula is C25H41FN7O10P. The Morgan fingerprint density at radius 1 is 1.23 bits per heavy atom. The first-order valence-corrected chi connectivity index (χ1v) is 15.5. The minimum atomic E-state index is -4.53. The van der Waals surface area contributed by atoms with Crippen LogP contribution in [0.2, 0.25) is 0 Å². The van der Waals surface area contributed by atoms with E-state index in [-0.39, 0.29) is 42.8 Å². The lowest BCUT2D eigenvalue weighted by atomic mass is 9.87. The second kappa shape index (κ2) is 14.3. The monoisotopic (exact) mass is 649 g/mol. The van der Waals surface area contributed by atoms with Crippen molar-refractivity contribution in [3.05, 3.63) is 6.33 Å². The fourth-order valence-electron chi connectivity index (χ4n) is 4.28. The molecule has 0 aliphatic carbocycles. The number of rotatable bonds is 14. The number of aliphatic hydroxyl groups excluding tert-OH is 1. The fraction of sp³-hybridized carbons (Fsp3) is 0.720. The van der Waals surface area contributed by atoms with Gasteiger partial charge in [-0.2, -0.15) is 9.97 Å². The van der Waals surface area contributed by atoms with Crippen molar-refractivity contribution >= 4 is 36.9 Å². The zero-order valence-corrected chi connectivity index (χ0v) is 26.6. The summed E-state index contributed by atoms with van der Waals surface area (Å²) < 4.78 is 63.3. The molecule has 44 heavy (non-hydrogen) atoms. The number of aliphatic hydroxyl groups is 1. The number of nitrogens with one attached hydrogen (secondary N) is 2. The van der Waals surface area contributed by atoms with E-state index in [1.165, 1.54) is 10.9 Å². The lowest BCUT2D eigenvalue weighted by Crippen LogP contribution is -2.47. The van der Waals surface area contributed by atoms with Gasteiger partial charge in [-0.25, -0.2) is 23.8 Å². The standard InChI is InChI=1S/C25H41FN7O10P/c1-8-28-23(36)40-13-42-44(37,32-16(24(4,5)6)20(35)39-10-3)41-11-14-17(34)25(7,26)21(43-14)33-12-29-15-18(33)30-22(27)31-19(15)38-9-2/h12,14,16-17,21,34H,8-11,13H2,1-7H3,(H,28,36)(H,32,37)(H2,27,30,31)/t14-,16-,17-,21-,25-,44?/m1/s1. The number of nitrogen functional groups attached to an aromatic ring is 1. The van der Waals surface area contributed by atoms with Crippen LogP contribution >= 0.6 is 7.75 Å². The van der Waals surface area contributed by atoms with Crippen LogP contribution in [0.1, 0.15) is 54.7 Å². The molecule has 1 fully saturated rings. The Morgan fingerprint density at radius 2 is 1.93 bits per heavy atom. The normalized spacial score (nSPS) is 24.1. The number of hydrogen-bond donors (Lipinski definition) is 4. The third kappa shape index (κ3) is 8.11. The van der Waals surface area contributed by atoms with Gasteiger partial charge < -0.3 is 35.1 Å². The van der Waals surface area contributed by atoms with Gasteiger partial charge in [0.2, 0.25) is 18.6 Å². The van der Waals surface area contributed by atoms with Crippen LogP contribution in [0, 0.1) is 5.41 Å². The number of carbonyl (C=O) groups excluding carboxylic acids is 2. The van der Waals surface area contributed by atoms with Crippen LogP contribution in [0.4, 0.5) is 15.1 Å². The van der Waals surface area contributed by atoms with E-state index in [2.05, 4.69) is 25.4 Å². The summed E-state index contributed by atoms with van der Waals surface area (Å²) >= 11 is 0. The number of fused-ring (bicyclic) bond motifs is 1. The van der Waals surface area contributed by atoms with Crippen LogP contribution in [0.25, 0.3) is 11.2 Å². The van der Waals surface area contributed by atoms with Crippen LogP contribution < -0.4 is 20.9 Å². The SMILES string of the molecule is CCNC(=O)OCOP(=O)(N[C@H](C(=O)OCC)C(C)(C)C)OC[C@H]1O[C@@H](n2cnc3c(OCC)nc(N)nc32)[C@](C)(F)[C@@H]1O. The highest BCUT2D eigenvalue weighted by atomic mass is 31.2. The summed E-state index contributed by atoms with van der Waals surface area (Å²) in [7, 11) is -4.53. The lowest BCUT2D eigenvalue weighted by Gasteiger charge is -2.32. The van der Waals surface area contributed by atoms with Crippen molar-refractivity contribution in [2.75, 3.05) is 38.9 Å². The molecule has 1 saturated heterocycles. The maximum absolute atomic E-state index is 16.1. The number of nitrogens with two attached hydrogens (primary N) is 1. The molecule has 17 nitrogen and oxygen atoms in total. The quantitative estimate of drug-likeness (QED) is 0.131. The average Bonchev–Trinajstić information content (AvgIpc) is 3.43. The molecule has 0 aromatic carbocycles. The summed E-state index contributed by atoms with van der Waals surface area (Å²) in [4.78, 5) is 36.8. The number of amides is 1. The summed E-state index contributed by atoms with van der Waals surface area (Å²) in [6.07, 6.45) is -4.32. The molecule has 3 heterocycles. The van der Waals surface area contributed by atoms with E-state index in [4.69, 9.17) is 33.7 Å². The van der Waals surface area contributed by atoms with E-state index in [0.717, 1.165) is 6.92 Å². The Morgan fingerprint density at radius 3 is 2.55 bits per heavy atom. The Kier molecular flexibility index (Phi) is 11.5. The van der Waals surface area contributed by atoms with Crippen molar-refractivity contribution in [3.8, 4) is 5.88 Å². The largest absolute Gasteiger partial charge is 0.476 e. The third-order valence-corrected chi connectivity index (χ3v) is 7.98. The summed E-state index contributed by atoms with van der Waals surface area (Å²) in [5.74, 6) is -0.817. The predicted molar refractivity (Wildman–Crippen MR) is 153 cm³/mol. The number of carbonyl (C=O) groups is 2. The summed E-state index contributed by atoms with van der Waals surface area (Å²) in [5, 5.41) is 15.8. The van der Waals surface area contributed by atoms with Crippen molar-refractivity contribution in [1.29, 1.82) is 0 Å². The van der Waals surface area contributed by atoms with Gasteiger partial charge in [-0.1, -0.05) is 20.8 Å². The van der Waals surface area contributed by atoms with Crippen molar-refractivity contribution in [1.82, 2.24) is 29.9 Å².